The van der Waals surface area contributed by atoms with Gasteiger partial charge in [0.05, 0.1) is 6.04 Å². The summed E-state index contributed by atoms with van der Waals surface area (Å²) >= 11 is 0. The lowest BCUT2D eigenvalue weighted by atomic mass is 10.1. The fourth-order valence-electron chi connectivity index (χ4n) is 0.893. The van der Waals surface area contributed by atoms with Crippen LogP contribution in [0.25, 0.3) is 0 Å². The average molecular weight is 155 g/mol. The first-order chi connectivity index (χ1) is 5.34. The van der Waals surface area contributed by atoms with Crippen molar-refractivity contribution < 1.29 is 4.52 Å². The molecule has 0 bridgehead atoms. The van der Waals surface area contributed by atoms with Crippen molar-refractivity contribution in [2.75, 3.05) is 0 Å². The van der Waals surface area contributed by atoms with Crippen LogP contribution in [-0.2, 0) is 0 Å². The molecule has 62 valence electrons. The van der Waals surface area contributed by atoms with Gasteiger partial charge >= 0.3 is 0 Å². The molecule has 1 atom stereocenters. The predicted octanol–water partition coefficient (Wildman–Crippen LogP) is 1.26. The van der Waals surface area contributed by atoms with Crippen molar-refractivity contribution in [1.82, 2.24) is 10.1 Å². The van der Waals surface area contributed by atoms with Crippen LogP contribution in [0.3, 0.4) is 0 Å². The van der Waals surface area contributed by atoms with E-state index < -0.39 is 0 Å². The normalized spacial score (nSPS) is 13.3. The minimum Gasteiger partial charge on any atom is -0.338 e. The second kappa shape index (κ2) is 4.08. The molecule has 0 aliphatic rings. The van der Waals surface area contributed by atoms with E-state index in [1.807, 2.05) is 0 Å². The highest BCUT2D eigenvalue weighted by Crippen LogP contribution is 2.12. The first-order valence-corrected chi connectivity index (χ1v) is 3.86. The monoisotopic (exact) mass is 155 g/mol. The standard InChI is InChI=1S/C7H13N3O/c1-2-3-4-6(8)7-9-5-10-11-7/h5-6H,2-4,8H2,1H3/t6-/m0/s1. The van der Waals surface area contributed by atoms with E-state index in [4.69, 9.17) is 10.3 Å². The quantitative estimate of drug-likeness (QED) is 0.710. The average Bonchev–Trinajstić information content (AvgIpc) is 2.52. The Morgan fingerprint density at radius 1 is 1.73 bits per heavy atom. The molecule has 1 aromatic rings. The van der Waals surface area contributed by atoms with E-state index in [2.05, 4.69) is 17.1 Å². The maximum absolute atomic E-state index is 5.73. The van der Waals surface area contributed by atoms with Crippen LogP contribution in [0.5, 0.6) is 0 Å². The lowest BCUT2D eigenvalue weighted by Crippen LogP contribution is -2.10. The van der Waals surface area contributed by atoms with E-state index in [9.17, 15) is 0 Å². The third kappa shape index (κ3) is 2.31. The third-order valence-electron chi connectivity index (χ3n) is 1.56. The Kier molecular flexibility index (Phi) is 3.04. The minimum absolute atomic E-state index is 0.0857. The lowest BCUT2D eigenvalue weighted by molar-refractivity contribution is 0.345. The van der Waals surface area contributed by atoms with Gasteiger partial charge in [-0.2, -0.15) is 4.98 Å². The van der Waals surface area contributed by atoms with Gasteiger partial charge in [-0.25, -0.2) is 0 Å². The van der Waals surface area contributed by atoms with Crippen LogP contribution < -0.4 is 5.73 Å². The minimum atomic E-state index is -0.0857. The largest absolute Gasteiger partial charge is 0.338 e. The first-order valence-electron chi connectivity index (χ1n) is 3.86. The van der Waals surface area contributed by atoms with Crippen LogP contribution >= 0.6 is 0 Å². The summed E-state index contributed by atoms with van der Waals surface area (Å²) in [6, 6.07) is -0.0857. The maximum atomic E-state index is 5.73. The van der Waals surface area contributed by atoms with Crippen LogP contribution in [0.4, 0.5) is 0 Å². The van der Waals surface area contributed by atoms with E-state index in [1.165, 1.54) is 6.33 Å². The Morgan fingerprint density at radius 2 is 2.55 bits per heavy atom. The van der Waals surface area contributed by atoms with Crippen LogP contribution in [0.1, 0.15) is 38.1 Å². The number of hydrogen-bond acceptors (Lipinski definition) is 4. The number of rotatable bonds is 4. The maximum Gasteiger partial charge on any atom is 0.243 e. The number of unbranched alkanes of at least 4 members (excludes halogenated alkanes) is 1. The van der Waals surface area contributed by atoms with Gasteiger partial charge in [0, 0.05) is 0 Å². The van der Waals surface area contributed by atoms with Gasteiger partial charge in [-0.15, -0.1) is 0 Å². The Hall–Kier alpha value is -0.900. The van der Waals surface area contributed by atoms with Crippen LogP contribution in [0.15, 0.2) is 10.9 Å². The Bertz CT molecular complexity index is 186. The molecule has 11 heavy (non-hydrogen) atoms. The highest BCUT2D eigenvalue weighted by Gasteiger charge is 2.09. The van der Waals surface area contributed by atoms with Crippen LogP contribution in [0, 0.1) is 0 Å². The van der Waals surface area contributed by atoms with Gasteiger partial charge in [-0.3, -0.25) is 0 Å². The molecule has 4 heteroatoms. The zero-order valence-corrected chi connectivity index (χ0v) is 6.66. The molecular weight excluding hydrogens is 142 g/mol. The van der Waals surface area contributed by atoms with Crippen molar-refractivity contribution in [2.45, 2.75) is 32.2 Å². The Labute approximate surface area is 65.8 Å². The predicted molar refractivity (Wildman–Crippen MR) is 40.8 cm³/mol. The molecule has 0 unspecified atom stereocenters. The lowest BCUT2D eigenvalue weighted by Gasteiger charge is -2.03. The Balaban J connectivity index is 2.36. The molecule has 0 saturated heterocycles. The van der Waals surface area contributed by atoms with Gasteiger partial charge in [-0.1, -0.05) is 24.9 Å². The first kappa shape index (κ1) is 8.20. The topological polar surface area (TPSA) is 64.9 Å². The highest BCUT2D eigenvalue weighted by molar-refractivity contribution is 4.83. The van der Waals surface area contributed by atoms with Crippen molar-refractivity contribution in [3.63, 3.8) is 0 Å². The molecule has 4 nitrogen and oxygen atoms in total. The van der Waals surface area contributed by atoms with Crippen molar-refractivity contribution >= 4 is 0 Å². The number of nitrogens with zero attached hydrogens (tertiary/aromatic N) is 2. The second-order valence-corrected chi connectivity index (χ2v) is 2.53. The van der Waals surface area contributed by atoms with Gasteiger partial charge in [0.1, 0.15) is 0 Å². The summed E-state index contributed by atoms with van der Waals surface area (Å²) in [5.74, 6) is 0.540. The molecule has 0 aliphatic heterocycles. The van der Waals surface area contributed by atoms with Crippen molar-refractivity contribution in [3.8, 4) is 0 Å². The van der Waals surface area contributed by atoms with Crippen LogP contribution in [-0.4, -0.2) is 10.1 Å². The second-order valence-electron chi connectivity index (χ2n) is 2.53. The molecule has 0 aliphatic carbocycles. The fourth-order valence-corrected chi connectivity index (χ4v) is 0.893. The SMILES string of the molecule is CCCC[C@H](N)c1ncno1. The summed E-state index contributed by atoms with van der Waals surface area (Å²) in [5.41, 5.74) is 5.73. The zero-order chi connectivity index (χ0) is 8.10. The molecular formula is C7H13N3O. The number of nitrogens with two attached hydrogens (primary N) is 1. The molecule has 0 aromatic carbocycles. The van der Waals surface area contributed by atoms with Gasteiger partial charge < -0.3 is 10.3 Å². The van der Waals surface area contributed by atoms with E-state index in [1.54, 1.807) is 0 Å². The van der Waals surface area contributed by atoms with Crippen molar-refractivity contribution in [3.05, 3.63) is 12.2 Å². The molecule has 1 rings (SSSR count). The van der Waals surface area contributed by atoms with E-state index in [0.29, 0.717) is 5.89 Å². The fraction of sp³-hybridized carbons (Fsp3) is 0.714. The summed E-state index contributed by atoms with van der Waals surface area (Å²) in [6.07, 6.45) is 4.53. The highest BCUT2D eigenvalue weighted by atomic mass is 16.5. The summed E-state index contributed by atoms with van der Waals surface area (Å²) in [4.78, 5) is 3.87. The molecule has 2 N–H and O–H groups in total. The van der Waals surface area contributed by atoms with Crippen molar-refractivity contribution in [1.29, 1.82) is 0 Å². The molecule has 0 radical (unpaired) electrons. The number of hydrogen-bond donors (Lipinski definition) is 1. The van der Waals surface area contributed by atoms with Crippen LogP contribution in [0.2, 0.25) is 0 Å². The molecule has 1 aromatic heterocycles. The van der Waals surface area contributed by atoms with Gasteiger partial charge in [0.2, 0.25) is 5.89 Å². The zero-order valence-electron chi connectivity index (χ0n) is 6.66. The van der Waals surface area contributed by atoms with Gasteiger partial charge in [-0.05, 0) is 6.42 Å². The van der Waals surface area contributed by atoms with E-state index in [-0.39, 0.29) is 6.04 Å². The summed E-state index contributed by atoms with van der Waals surface area (Å²) in [5, 5.41) is 3.49. The van der Waals surface area contributed by atoms with Crippen molar-refractivity contribution in [2.24, 2.45) is 5.73 Å². The third-order valence-corrected chi connectivity index (χ3v) is 1.56. The summed E-state index contributed by atoms with van der Waals surface area (Å²) in [6.45, 7) is 2.13. The Morgan fingerprint density at radius 3 is 3.09 bits per heavy atom. The van der Waals surface area contributed by atoms with Gasteiger partial charge in [0.25, 0.3) is 0 Å². The summed E-state index contributed by atoms with van der Waals surface area (Å²) in [7, 11) is 0. The smallest absolute Gasteiger partial charge is 0.243 e. The van der Waals surface area contributed by atoms with E-state index in [0.717, 1.165) is 19.3 Å². The van der Waals surface area contributed by atoms with Gasteiger partial charge in [0.15, 0.2) is 6.33 Å². The molecule has 0 fully saturated rings. The van der Waals surface area contributed by atoms with E-state index >= 15 is 0 Å². The molecule has 1 heterocycles. The molecule has 0 saturated carbocycles. The molecule has 0 spiro atoms. The molecule has 0 amide bonds. The number of aromatic nitrogens is 2. The summed E-state index contributed by atoms with van der Waals surface area (Å²) < 4.78 is 4.81.